The molecule has 1 aromatic rings. The third kappa shape index (κ3) is 3.89. The highest BCUT2D eigenvalue weighted by Gasteiger charge is 2.03. The molecule has 1 rings (SSSR count). The summed E-state index contributed by atoms with van der Waals surface area (Å²) < 4.78 is 23.4. The van der Waals surface area contributed by atoms with Crippen molar-refractivity contribution >= 4 is 9.84 Å². The van der Waals surface area contributed by atoms with Crippen LogP contribution in [0.3, 0.4) is 0 Å². The second-order valence-corrected chi connectivity index (χ2v) is 5.54. The van der Waals surface area contributed by atoms with Crippen LogP contribution in [0.1, 0.15) is 5.56 Å². The summed E-state index contributed by atoms with van der Waals surface area (Å²) in [6.07, 6.45) is 5.54. The van der Waals surface area contributed by atoms with E-state index in [4.69, 9.17) is 5.73 Å². The molecule has 1 heterocycles. The molecule has 0 fully saturated rings. The Hall–Kier alpha value is -0.880. The number of hydrogen-bond donors (Lipinski definition) is 1. The fourth-order valence-corrected chi connectivity index (χ4v) is 1.60. The van der Waals surface area contributed by atoms with Gasteiger partial charge in [-0.05, 0) is 18.5 Å². The Morgan fingerprint density at radius 3 is 2.86 bits per heavy atom. The van der Waals surface area contributed by atoms with E-state index < -0.39 is 9.84 Å². The standard InChI is InChI=1S/C8H15N3O2S/c1-14(12,13)5-4-11-7-8(2-3-9)6-10-11/h6-7H,2-5,9H2,1H3. The molecule has 0 bridgehead atoms. The van der Waals surface area contributed by atoms with Gasteiger partial charge in [-0.25, -0.2) is 8.42 Å². The molecule has 0 aliphatic carbocycles. The summed E-state index contributed by atoms with van der Waals surface area (Å²) in [4.78, 5) is 0. The molecule has 6 heteroatoms. The molecule has 14 heavy (non-hydrogen) atoms. The maximum absolute atomic E-state index is 10.9. The van der Waals surface area contributed by atoms with Gasteiger partial charge in [0.05, 0.1) is 18.5 Å². The van der Waals surface area contributed by atoms with Crippen molar-refractivity contribution in [2.24, 2.45) is 5.73 Å². The van der Waals surface area contributed by atoms with E-state index in [1.54, 1.807) is 10.9 Å². The third-order valence-corrected chi connectivity index (χ3v) is 2.74. The lowest BCUT2D eigenvalue weighted by molar-refractivity contribution is 0.586. The van der Waals surface area contributed by atoms with Crippen molar-refractivity contribution in [3.05, 3.63) is 18.0 Å². The molecule has 0 unspecified atom stereocenters. The number of aromatic nitrogens is 2. The van der Waals surface area contributed by atoms with Crippen molar-refractivity contribution < 1.29 is 8.42 Å². The average molecular weight is 217 g/mol. The molecule has 1 aromatic heterocycles. The molecule has 0 saturated carbocycles. The van der Waals surface area contributed by atoms with Crippen LogP contribution in [-0.2, 0) is 22.8 Å². The smallest absolute Gasteiger partial charge is 0.149 e. The quantitative estimate of drug-likeness (QED) is 0.716. The number of nitrogens with zero attached hydrogens (tertiary/aromatic N) is 2. The van der Waals surface area contributed by atoms with Crippen LogP contribution in [0.4, 0.5) is 0 Å². The van der Waals surface area contributed by atoms with E-state index in [0.717, 1.165) is 12.0 Å². The molecule has 2 N–H and O–H groups in total. The predicted molar refractivity (Wildman–Crippen MR) is 54.7 cm³/mol. The van der Waals surface area contributed by atoms with Crippen LogP contribution in [0.5, 0.6) is 0 Å². The monoisotopic (exact) mass is 217 g/mol. The molecule has 0 spiro atoms. The highest BCUT2D eigenvalue weighted by Crippen LogP contribution is 1.98. The molecule has 0 aliphatic rings. The number of sulfone groups is 1. The van der Waals surface area contributed by atoms with E-state index in [1.807, 2.05) is 6.20 Å². The van der Waals surface area contributed by atoms with Crippen LogP contribution in [0.15, 0.2) is 12.4 Å². The molecule has 0 radical (unpaired) electrons. The highest BCUT2D eigenvalue weighted by molar-refractivity contribution is 7.90. The van der Waals surface area contributed by atoms with Gasteiger partial charge in [-0.15, -0.1) is 0 Å². The Kier molecular flexibility index (Phi) is 3.65. The van der Waals surface area contributed by atoms with Gasteiger partial charge in [-0.1, -0.05) is 0 Å². The summed E-state index contributed by atoms with van der Waals surface area (Å²) in [6.45, 7) is 0.987. The summed E-state index contributed by atoms with van der Waals surface area (Å²) in [7, 11) is -2.91. The van der Waals surface area contributed by atoms with Gasteiger partial charge in [0, 0.05) is 12.5 Å². The molecule has 80 valence electrons. The number of hydrogen-bond acceptors (Lipinski definition) is 4. The van der Waals surface area contributed by atoms with Crippen LogP contribution in [0, 0.1) is 0 Å². The summed E-state index contributed by atoms with van der Waals surface area (Å²) >= 11 is 0. The zero-order chi connectivity index (χ0) is 10.6. The maximum atomic E-state index is 10.9. The Morgan fingerprint density at radius 2 is 2.29 bits per heavy atom. The largest absolute Gasteiger partial charge is 0.330 e. The van der Waals surface area contributed by atoms with Gasteiger partial charge in [-0.3, -0.25) is 4.68 Å². The fraction of sp³-hybridized carbons (Fsp3) is 0.625. The lowest BCUT2D eigenvalue weighted by Gasteiger charge is -1.98. The molecule has 0 atom stereocenters. The fourth-order valence-electron chi connectivity index (χ4n) is 1.08. The summed E-state index contributed by atoms with van der Waals surface area (Å²) in [5.74, 6) is 0.122. The number of nitrogens with two attached hydrogens (primary N) is 1. The predicted octanol–water partition coefficient (Wildman–Crippen LogP) is -0.571. The molecule has 0 amide bonds. The van der Waals surface area contributed by atoms with E-state index >= 15 is 0 Å². The average Bonchev–Trinajstić information content (AvgIpc) is 2.49. The highest BCUT2D eigenvalue weighted by atomic mass is 32.2. The Bertz CT molecular complexity index is 383. The van der Waals surface area contributed by atoms with E-state index in [9.17, 15) is 8.42 Å². The summed E-state index contributed by atoms with van der Waals surface area (Å²) in [6, 6.07) is 0. The van der Waals surface area contributed by atoms with E-state index in [0.29, 0.717) is 13.1 Å². The first kappa shape index (κ1) is 11.2. The van der Waals surface area contributed by atoms with Crippen molar-refractivity contribution in [3.8, 4) is 0 Å². The molecule has 5 nitrogen and oxygen atoms in total. The lowest BCUT2D eigenvalue weighted by atomic mass is 10.3. The maximum Gasteiger partial charge on any atom is 0.149 e. The first-order valence-electron chi connectivity index (χ1n) is 4.40. The zero-order valence-electron chi connectivity index (χ0n) is 8.18. The third-order valence-electron chi connectivity index (χ3n) is 1.81. The SMILES string of the molecule is CS(=O)(=O)CCn1cc(CCN)cn1. The molecule has 0 aromatic carbocycles. The number of aryl methyl sites for hydroxylation is 1. The number of rotatable bonds is 5. The Morgan fingerprint density at radius 1 is 1.57 bits per heavy atom. The van der Waals surface area contributed by atoms with Gasteiger partial charge in [0.15, 0.2) is 0 Å². The van der Waals surface area contributed by atoms with Crippen LogP contribution < -0.4 is 5.73 Å². The van der Waals surface area contributed by atoms with E-state index in [1.165, 1.54) is 6.26 Å². The van der Waals surface area contributed by atoms with Crippen molar-refractivity contribution in [2.75, 3.05) is 18.6 Å². The zero-order valence-corrected chi connectivity index (χ0v) is 9.00. The first-order chi connectivity index (χ1) is 6.51. The normalized spacial score (nSPS) is 11.9. The summed E-state index contributed by atoms with van der Waals surface area (Å²) in [5.41, 5.74) is 6.42. The van der Waals surface area contributed by atoms with Crippen molar-refractivity contribution in [1.29, 1.82) is 0 Å². The van der Waals surface area contributed by atoms with Gasteiger partial charge in [0.1, 0.15) is 9.84 Å². The topological polar surface area (TPSA) is 78.0 Å². The Labute approximate surface area is 83.8 Å². The van der Waals surface area contributed by atoms with Gasteiger partial charge in [-0.2, -0.15) is 5.10 Å². The van der Waals surface area contributed by atoms with Crippen molar-refractivity contribution in [3.63, 3.8) is 0 Å². The van der Waals surface area contributed by atoms with Gasteiger partial charge < -0.3 is 5.73 Å². The van der Waals surface area contributed by atoms with Gasteiger partial charge >= 0.3 is 0 Å². The van der Waals surface area contributed by atoms with Gasteiger partial charge in [0.25, 0.3) is 0 Å². The van der Waals surface area contributed by atoms with Crippen LogP contribution >= 0.6 is 0 Å². The molecule has 0 aliphatic heterocycles. The van der Waals surface area contributed by atoms with Crippen molar-refractivity contribution in [2.45, 2.75) is 13.0 Å². The lowest BCUT2D eigenvalue weighted by Crippen LogP contribution is -2.11. The minimum atomic E-state index is -2.91. The molecule has 0 saturated heterocycles. The van der Waals surface area contributed by atoms with Crippen LogP contribution in [0.25, 0.3) is 0 Å². The van der Waals surface area contributed by atoms with E-state index in [-0.39, 0.29) is 5.75 Å². The second-order valence-electron chi connectivity index (χ2n) is 3.28. The van der Waals surface area contributed by atoms with Crippen molar-refractivity contribution in [1.82, 2.24) is 9.78 Å². The molecular formula is C8H15N3O2S. The van der Waals surface area contributed by atoms with Crippen LogP contribution in [-0.4, -0.2) is 36.8 Å². The first-order valence-corrected chi connectivity index (χ1v) is 6.46. The second kappa shape index (κ2) is 4.56. The minimum absolute atomic E-state index is 0.122. The minimum Gasteiger partial charge on any atom is -0.330 e. The van der Waals surface area contributed by atoms with E-state index in [2.05, 4.69) is 5.10 Å². The van der Waals surface area contributed by atoms with Crippen LogP contribution in [0.2, 0.25) is 0 Å². The molecular weight excluding hydrogens is 202 g/mol. The summed E-state index contributed by atoms with van der Waals surface area (Å²) in [5, 5.41) is 4.03. The Balaban J connectivity index is 2.52. The van der Waals surface area contributed by atoms with Gasteiger partial charge in [0.2, 0.25) is 0 Å².